The van der Waals surface area contributed by atoms with Crippen molar-refractivity contribution in [1.82, 2.24) is 15.3 Å². The number of fused-ring (bicyclic) bond motifs is 2. The molecule has 0 aromatic heterocycles. The number of hydrogen-bond donors (Lipinski definition) is 2. The first kappa shape index (κ1) is 11.4. The molecule has 0 spiro atoms. The van der Waals surface area contributed by atoms with Crippen LogP contribution < -0.4 is 5.43 Å². The molecule has 1 aliphatic heterocycles. The summed E-state index contributed by atoms with van der Waals surface area (Å²) in [6, 6.07) is 0.294. The van der Waals surface area contributed by atoms with Crippen LogP contribution in [0.4, 0.5) is 0 Å². The van der Waals surface area contributed by atoms with Gasteiger partial charge in [0.2, 0.25) is 0 Å². The van der Waals surface area contributed by atoms with E-state index in [1.165, 1.54) is 19.3 Å². The second kappa shape index (κ2) is 4.55. The number of nitrogens with one attached hydrogen (secondary N) is 1. The van der Waals surface area contributed by atoms with Gasteiger partial charge in [-0.3, -0.25) is 0 Å². The summed E-state index contributed by atoms with van der Waals surface area (Å²) in [6.07, 6.45) is 3.71. The quantitative estimate of drug-likeness (QED) is 0.539. The molecular formula is C12H22N4O. The summed E-state index contributed by atoms with van der Waals surface area (Å²) >= 11 is 0. The fourth-order valence-corrected chi connectivity index (χ4v) is 3.53. The Kier molecular flexibility index (Phi) is 3.06. The molecule has 0 aromatic rings. The lowest BCUT2D eigenvalue weighted by Gasteiger charge is -2.36. The Morgan fingerprint density at radius 3 is 2.71 bits per heavy atom. The van der Waals surface area contributed by atoms with E-state index in [-0.39, 0.29) is 0 Å². The van der Waals surface area contributed by atoms with Gasteiger partial charge in [-0.15, -0.1) is 0 Å². The standard InChI is InChI=1S/C12H22N4O/c1-15-4-6-16(7-5-15)13-11-9-2-3-10(8-9)12(11)14-17/h9-11,13,17H,2-8H2,1H3. The lowest BCUT2D eigenvalue weighted by Crippen LogP contribution is -2.56. The Hall–Kier alpha value is -0.650. The zero-order valence-corrected chi connectivity index (χ0v) is 10.5. The van der Waals surface area contributed by atoms with Crippen molar-refractivity contribution in [3.05, 3.63) is 0 Å². The maximum Gasteiger partial charge on any atom is 0.0787 e. The van der Waals surface area contributed by atoms with Gasteiger partial charge in [-0.1, -0.05) is 5.16 Å². The number of oxime groups is 1. The summed E-state index contributed by atoms with van der Waals surface area (Å²) in [6.45, 7) is 4.34. The highest BCUT2D eigenvalue weighted by atomic mass is 16.4. The molecule has 2 N–H and O–H groups in total. The average Bonchev–Trinajstić information content (AvgIpc) is 2.92. The SMILES string of the molecule is CN1CCN(NC2C(=NO)C3CCC2C3)CC1. The molecule has 3 unspecified atom stereocenters. The number of hydrogen-bond acceptors (Lipinski definition) is 5. The van der Waals surface area contributed by atoms with Gasteiger partial charge in [0.15, 0.2) is 0 Å². The van der Waals surface area contributed by atoms with Crippen molar-refractivity contribution in [2.24, 2.45) is 17.0 Å². The van der Waals surface area contributed by atoms with Crippen molar-refractivity contribution in [2.45, 2.75) is 25.3 Å². The predicted octanol–water partition coefficient (Wildman–Crippen LogP) is 0.367. The molecule has 5 nitrogen and oxygen atoms in total. The zero-order chi connectivity index (χ0) is 11.8. The molecule has 2 saturated carbocycles. The second-order valence-electron chi connectivity index (χ2n) is 5.69. The van der Waals surface area contributed by atoms with Crippen molar-refractivity contribution in [3.8, 4) is 0 Å². The van der Waals surface area contributed by atoms with Crippen molar-refractivity contribution in [2.75, 3.05) is 33.2 Å². The fraction of sp³-hybridized carbons (Fsp3) is 0.917. The molecule has 3 atom stereocenters. The first-order valence-electron chi connectivity index (χ1n) is 6.69. The number of likely N-dealkylation sites (N-methyl/N-ethyl adjacent to an activating group) is 1. The molecule has 3 fully saturated rings. The molecule has 3 rings (SSSR count). The fourth-order valence-electron chi connectivity index (χ4n) is 3.53. The minimum absolute atomic E-state index is 0.294. The number of hydrazine groups is 1. The van der Waals surface area contributed by atoms with Crippen LogP contribution >= 0.6 is 0 Å². The molecule has 1 saturated heterocycles. The molecule has 0 radical (unpaired) electrons. The summed E-state index contributed by atoms with van der Waals surface area (Å²) in [5.41, 5.74) is 4.59. The Morgan fingerprint density at radius 1 is 1.24 bits per heavy atom. The molecule has 0 amide bonds. The summed E-state index contributed by atoms with van der Waals surface area (Å²) in [7, 11) is 2.16. The first-order valence-corrected chi connectivity index (χ1v) is 6.69. The van der Waals surface area contributed by atoms with E-state index in [1.54, 1.807) is 0 Å². The van der Waals surface area contributed by atoms with Crippen LogP contribution in [0.2, 0.25) is 0 Å². The molecule has 5 heteroatoms. The highest BCUT2D eigenvalue weighted by Gasteiger charge is 2.46. The van der Waals surface area contributed by atoms with E-state index in [0.29, 0.717) is 17.9 Å². The van der Waals surface area contributed by atoms with E-state index >= 15 is 0 Å². The Morgan fingerprint density at radius 2 is 2.00 bits per heavy atom. The lowest BCUT2D eigenvalue weighted by atomic mass is 9.94. The van der Waals surface area contributed by atoms with Gasteiger partial charge < -0.3 is 10.1 Å². The Bertz CT molecular complexity index is 312. The summed E-state index contributed by atoms with van der Waals surface area (Å²) in [5, 5.41) is 15.0. The van der Waals surface area contributed by atoms with E-state index in [1.807, 2.05) is 0 Å². The smallest absolute Gasteiger partial charge is 0.0787 e. The van der Waals surface area contributed by atoms with E-state index in [0.717, 1.165) is 31.9 Å². The molecule has 0 aromatic carbocycles. The third kappa shape index (κ3) is 2.07. The monoisotopic (exact) mass is 238 g/mol. The largest absolute Gasteiger partial charge is 0.411 e. The number of piperazine rings is 1. The molecule has 1 heterocycles. The number of nitrogens with zero attached hydrogens (tertiary/aromatic N) is 3. The van der Waals surface area contributed by atoms with Gasteiger partial charge in [0, 0.05) is 32.1 Å². The summed E-state index contributed by atoms with van der Waals surface area (Å²) < 4.78 is 0. The Labute approximate surface area is 102 Å². The highest BCUT2D eigenvalue weighted by molar-refractivity contribution is 5.94. The second-order valence-corrected chi connectivity index (χ2v) is 5.69. The van der Waals surface area contributed by atoms with E-state index in [2.05, 4.69) is 27.5 Å². The average molecular weight is 238 g/mol. The molecule has 96 valence electrons. The minimum Gasteiger partial charge on any atom is -0.411 e. The van der Waals surface area contributed by atoms with Crippen LogP contribution in [0.3, 0.4) is 0 Å². The lowest BCUT2D eigenvalue weighted by molar-refractivity contribution is 0.0884. The molecule has 2 bridgehead atoms. The van der Waals surface area contributed by atoms with Crippen LogP contribution in [0.1, 0.15) is 19.3 Å². The highest BCUT2D eigenvalue weighted by Crippen LogP contribution is 2.42. The van der Waals surface area contributed by atoms with Crippen LogP contribution in [0.15, 0.2) is 5.16 Å². The van der Waals surface area contributed by atoms with Crippen molar-refractivity contribution in [1.29, 1.82) is 0 Å². The van der Waals surface area contributed by atoms with E-state index < -0.39 is 0 Å². The van der Waals surface area contributed by atoms with Gasteiger partial charge >= 0.3 is 0 Å². The maximum absolute atomic E-state index is 9.15. The molecule has 2 aliphatic carbocycles. The zero-order valence-electron chi connectivity index (χ0n) is 10.5. The summed E-state index contributed by atoms with van der Waals surface area (Å²) in [5.74, 6) is 1.22. The van der Waals surface area contributed by atoms with Gasteiger partial charge in [0.25, 0.3) is 0 Å². The normalized spacial score (nSPS) is 41.5. The molecule has 3 aliphatic rings. The van der Waals surface area contributed by atoms with Crippen LogP contribution in [-0.4, -0.2) is 60.1 Å². The summed E-state index contributed by atoms with van der Waals surface area (Å²) in [4.78, 5) is 2.35. The van der Waals surface area contributed by atoms with Crippen LogP contribution in [0.25, 0.3) is 0 Å². The van der Waals surface area contributed by atoms with Crippen LogP contribution in [0, 0.1) is 11.8 Å². The number of rotatable bonds is 2. The van der Waals surface area contributed by atoms with Crippen LogP contribution in [0.5, 0.6) is 0 Å². The van der Waals surface area contributed by atoms with Gasteiger partial charge in [-0.25, -0.2) is 10.4 Å². The van der Waals surface area contributed by atoms with Gasteiger partial charge in [-0.05, 0) is 32.2 Å². The third-order valence-electron chi connectivity index (χ3n) is 4.62. The third-order valence-corrected chi connectivity index (χ3v) is 4.62. The van der Waals surface area contributed by atoms with Crippen molar-refractivity contribution in [3.63, 3.8) is 0 Å². The van der Waals surface area contributed by atoms with E-state index in [4.69, 9.17) is 5.21 Å². The first-order chi connectivity index (χ1) is 8.28. The maximum atomic E-state index is 9.15. The van der Waals surface area contributed by atoms with Gasteiger partial charge in [0.1, 0.15) is 0 Å². The minimum atomic E-state index is 0.294. The van der Waals surface area contributed by atoms with Crippen molar-refractivity contribution < 1.29 is 5.21 Å². The molecular weight excluding hydrogens is 216 g/mol. The van der Waals surface area contributed by atoms with Crippen LogP contribution in [-0.2, 0) is 0 Å². The molecule has 17 heavy (non-hydrogen) atoms. The Balaban J connectivity index is 1.61. The topological polar surface area (TPSA) is 51.1 Å². The van der Waals surface area contributed by atoms with E-state index in [9.17, 15) is 0 Å². The predicted molar refractivity (Wildman–Crippen MR) is 66.0 cm³/mol. The van der Waals surface area contributed by atoms with Crippen molar-refractivity contribution >= 4 is 5.71 Å². The van der Waals surface area contributed by atoms with Gasteiger partial charge in [0.05, 0.1) is 11.8 Å². The van der Waals surface area contributed by atoms with Gasteiger partial charge in [-0.2, -0.15) is 0 Å².